The van der Waals surface area contributed by atoms with Gasteiger partial charge in [-0.15, -0.1) is 13.2 Å². The van der Waals surface area contributed by atoms with Crippen LogP contribution in [-0.4, -0.2) is 43.6 Å². The van der Waals surface area contributed by atoms with Crippen LogP contribution in [-0.2, 0) is 0 Å². The number of nitrogens with one attached hydrogen (secondary N) is 1. The third kappa shape index (κ3) is 5.46. The Kier molecular flexibility index (Phi) is 7.35. The molecule has 7 nitrogen and oxygen atoms in total. The highest BCUT2D eigenvalue weighted by molar-refractivity contribution is 6.03. The first kappa shape index (κ1) is 23.9. The average molecular weight is 468 g/mol. The number of carbonyl (C=O) groups excluding carboxylic acids is 2. The van der Waals surface area contributed by atoms with Gasteiger partial charge in [-0.3, -0.25) is 14.6 Å². The Hall–Kier alpha value is -4.26. The topological polar surface area (TPSA) is 80.1 Å². The Balaban J connectivity index is 1.50. The van der Waals surface area contributed by atoms with Gasteiger partial charge in [-0.05, 0) is 62.6 Å². The van der Waals surface area contributed by atoms with Crippen molar-refractivity contribution in [2.75, 3.05) is 5.32 Å². The number of hydrogen-bond donors (Lipinski definition) is 1. The Bertz CT molecular complexity index is 1240. The predicted octanol–water partition coefficient (Wildman–Crippen LogP) is 5.20. The minimum atomic E-state index is -0.257. The lowest BCUT2D eigenvalue weighted by Gasteiger charge is -2.40. The molecule has 35 heavy (non-hydrogen) atoms. The van der Waals surface area contributed by atoms with Gasteiger partial charge in [0.15, 0.2) is 0 Å². The summed E-state index contributed by atoms with van der Waals surface area (Å²) in [6.07, 6.45) is 14.6. The molecule has 0 saturated heterocycles. The molecule has 0 aliphatic carbocycles. The van der Waals surface area contributed by atoms with Crippen molar-refractivity contribution >= 4 is 17.5 Å². The summed E-state index contributed by atoms with van der Waals surface area (Å²) in [6, 6.07) is 10.8. The molecule has 0 radical (unpaired) electrons. The van der Waals surface area contributed by atoms with E-state index in [-0.39, 0.29) is 23.9 Å². The van der Waals surface area contributed by atoms with Crippen LogP contribution in [0.1, 0.15) is 46.9 Å². The molecule has 1 aromatic carbocycles. The van der Waals surface area contributed by atoms with E-state index >= 15 is 0 Å². The molecular formula is C28H29N5O2. The van der Waals surface area contributed by atoms with Crippen LogP contribution in [0.25, 0.3) is 5.69 Å². The lowest BCUT2D eigenvalue weighted by atomic mass is 9.91. The molecule has 2 aromatic heterocycles. The molecule has 3 aromatic rings. The highest BCUT2D eigenvalue weighted by atomic mass is 16.2. The zero-order chi connectivity index (χ0) is 24.8. The Morgan fingerprint density at radius 2 is 1.86 bits per heavy atom. The molecule has 4 rings (SSSR count). The molecule has 1 aliphatic rings. The molecule has 2 atom stereocenters. The number of carbonyl (C=O) groups is 2. The lowest BCUT2D eigenvalue weighted by Crippen LogP contribution is -2.48. The van der Waals surface area contributed by atoms with E-state index in [1.807, 2.05) is 41.3 Å². The van der Waals surface area contributed by atoms with E-state index in [1.54, 1.807) is 35.4 Å². The fourth-order valence-electron chi connectivity index (χ4n) is 4.41. The van der Waals surface area contributed by atoms with Gasteiger partial charge in [-0.1, -0.05) is 23.8 Å². The van der Waals surface area contributed by atoms with Crippen molar-refractivity contribution in [1.29, 1.82) is 0 Å². The van der Waals surface area contributed by atoms with Crippen LogP contribution in [0.15, 0.2) is 98.1 Å². The molecule has 178 valence electrons. The van der Waals surface area contributed by atoms with Crippen LogP contribution >= 0.6 is 0 Å². The maximum atomic E-state index is 13.5. The van der Waals surface area contributed by atoms with Gasteiger partial charge in [0, 0.05) is 24.0 Å². The number of amides is 2. The molecule has 3 heterocycles. The van der Waals surface area contributed by atoms with Crippen LogP contribution in [0.2, 0.25) is 0 Å². The highest BCUT2D eigenvalue weighted by Gasteiger charge is 2.32. The summed E-state index contributed by atoms with van der Waals surface area (Å²) in [7, 11) is 0. The molecule has 0 saturated carbocycles. The summed E-state index contributed by atoms with van der Waals surface area (Å²) in [4.78, 5) is 31.8. The average Bonchev–Trinajstić information content (AvgIpc) is 3.33. The first-order chi connectivity index (χ1) is 17.0. The quantitative estimate of drug-likeness (QED) is 0.462. The number of nitrogens with zero attached hydrogens (tertiary/aromatic N) is 4. The zero-order valence-corrected chi connectivity index (χ0v) is 19.8. The van der Waals surface area contributed by atoms with Gasteiger partial charge in [0.1, 0.15) is 0 Å². The highest BCUT2D eigenvalue weighted by Crippen LogP contribution is 2.29. The van der Waals surface area contributed by atoms with Gasteiger partial charge in [0.05, 0.1) is 35.4 Å². The molecule has 1 aliphatic heterocycles. The minimum absolute atomic E-state index is 0.0103. The van der Waals surface area contributed by atoms with Crippen molar-refractivity contribution in [2.45, 2.75) is 38.3 Å². The third-order valence-electron chi connectivity index (χ3n) is 6.01. The largest absolute Gasteiger partial charge is 0.328 e. The molecule has 1 N–H and O–H groups in total. The fourth-order valence-corrected chi connectivity index (χ4v) is 4.41. The standard InChI is InChI=1S/C28H29N5O2/c1-4-7-25-15-20(3)16-26(8-5-2)33(25)28(35)21-10-12-24(13-11-21)32-19-23(18-30-32)31-27(34)22-9-6-14-29-17-22/h4-6,9-15,17-19,25-26H,1-2,7-8,16H2,3H3,(H,31,34)/t25-,26-/m1/s1. The Morgan fingerprint density at radius 3 is 2.54 bits per heavy atom. The van der Waals surface area contributed by atoms with E-state index < -0.39 is 0 Å². The lowest BCUT2D eigenvalue weighted by molar-refractivity contribution is 0.0601. The zero-order valence-electron chi connectivity index (χ0n) is 19.8. The monoisotopic (exact) mass is 467 g/mol. The second kappa shape index (κ2) is 10.8. The number of benzene rings is 1. The van der Waals surface area contributed by atoms with E-state index in [9.17, 15) is 9.59 Å². The smallest absolute Gasteiger partial charge is 0.257 e. The molecule has 0 unspecified atom stereocenters. The second-order valence-corrected chi connectivity index (χ2v) is 8.62. The second-order valence-electron chi connectivity index (χ2n) is 8.62. The fraction of sp³-hybridized carbons (Fsp3) is 0.214. The summed E-state index contributed by atoms with van der Waals surface area (Å²) in [5, 5.41) is 7.15. The Labute approximate surface area is 205 Å². The maximum Gasteiger partial charge on any atom is 0.257 e. The number of aromatic nitrogens is 3. The van der Waals surface area contributed by atoms with Crippen molar-refractivity contribution in [1.82, 2.24) is 19.7 Å². The summed E-state index contributed by atoms with van der Waals surface area (Å²) in [6.45, 7) is 9.87. The van der Waals surface area contributed by atoms with E-state index in [0.717, 1.165) is 18.5 Å². The van der Waals surface area contributed by atoms with E-state index in [1.165, 1.54) is 11.8 Å². The first-order valence-corrected chi connectivity index (χ1v) is 11.6. The number of pyridine rings is 1. The van der Waals surface area contributed by atoms with Crippen LogP contribution in [0, 0.1) is 0 Å². The van der Waals surface area contributed by atoms with Gasteiger partial charge >= 0.3 is 0 Å². The molecule has 0 spiro atoms. The number of rotatable bonds is 8. The van der Waals surface area contributed by atoms with Gasteiger partial charge in [0.25, 0.3) is 11.8 Å². The summed E-state index contributed by atoms with van der Waals surface area (Å²) in [5.74, 6) is -0.267. The van der Waals surface area contributed by atoms with Gasteiger partial charge in [-0.2, -0.15) is 5.10 Å². The van der Waals surface area contributed by atoms with Crippen LogP contribution in [0.4, 0.5) is 5.69 Å². The van der Waals surface area contributed by atoms with Crippen molar-refractivity contribution in [2.24, 2.45) is 0 Å². The minimum Gasteiger partial charge on any atom is -0.328 e. The molecule has 2 amide bonds. The number of anilines is 1. The molecule has 7 heteroatoms. The third-order valence-corrected chi connectivity index (χ3v) is 6.01. The van der Waals surface area contributed by atoms with Crippen LogP contribution in [0.5, 0.6) is 0 Å². The molecule has 0 fully saturated rings. The maximum absolute atomic E-state index is 13.5. The summed E-state index contributed by atoms with van der Waals surface area (Å²) >= 11 is 0. The van der Waals surface area contributed by atoms with E-state index in [4.69, 9.17) is 0 Å². The number of hydrogen-bond acceptors (Lipinski definition) is 4. The van der Waals surface area contributed by atoms with Gasteiger partial charge in [-0.25, -0.2) is 4.68 Å². The van der Waals surface area contributed by atoms with Crippen molar-refractivity contribution in [3.05, 3.63) is 109 Å². The van der Waals surface area contributed by atoms with Crippen molar-refractivity contribution in [3.8, 4) is 5.69 Å². The van der Waals surface area contributed by atoms with Crippen LogP contribution in [0.3, 0.4) is 0 Å². The summed E-state index contributed by atoms with van der Waals surface area (Å²) in [5.41, 5.74) is 3.71. The van der Waals surface area contributed by atoms with E-state index in [2.05, 4.69) is 41.6 Å². The van der Waals surface area contributed by atoms with Gasteiger partial charge in [0.2, 0.25) is 0 Å². The Morgan fingerprint density at radius 1 is 1.09 bits per heavy atom. The first-order valence-electron chi connectivity index (χ1n) is 11.6. The molecular weight excluding hydrogens is 438 g/mol. The van der Waals surface area contributed by atoms with Crippen LogP contribution < -0.4 is 5.32 Å². The van der Waals surface area contributed by atoms with E-state index in [0.29, 0.717) is 23.2 Å². The summed E-state index contributed by atoms with van der Waals surface area (Å²) < 4.78 is 1.65. The molecule has 0 bridgehead atoms. The SMILES string of the molecule is C=CC[C@@H]1CC(C)=C[C@@H](CC=C)N1C(=O)c1ccc(-n2cc(NC(=O)c3cccnc3)cn2)cc1. The van der Waals surface area contributed by atoms with Crippen molar-refractivity contribution < 1.29 is 9.59 Å². The van der Waals surface area contributed by atoms with Crippen molar-refractivity contribution in [3.63, 3.8) is 0 Å². The predicted molar refractivity (Wildman–Crippen MR) is 138 cm³/mol. The normalized spacial score (nSPS) is 17.4. The van der Waals surface area contributed by atoms with Gasteiger partial charge < -0.3 is 10.2 Å².